The molecule has 0 N–H and O–H groups in total. The molecular formula is C27H28FN3O. The Bertz CT molecular complexity index is 1020. The first-order valence-electron chi connectivity index (χ1n) is 11.1. The molecule has 32 heavy (non-hydrogen) atoms. The van der Waals surface area contributed by atoms with Crippen molar-refractivity contribution in [2.75, 3.05) is 32.7 Å². The van der Waals surface area contributed by atoms with Gasteiger partial charge < -0.3 is 9.64 Å². The van der Waals surface area contributed by atoms with Gasteiger partial charge in [-0.3, -0.25) is 4.90 Å². The molecule has 4 rings (SSSR count). The minimum atomic E-state index is -0.256. The number of nitrogens with zero attached hydrogens (tertiary/aromatic N) is 3. The van der Waals surface area contributed by atoms with Crippen LogP contribution in [0.1, 0.15) is 29.2 Å². The van der Waals surface area contributed by atoms with Crippen LogP contribution >= 0.6 is 0 Å². The number of nitriles is 1. The van der Waals surface area contributed by atoms with Crippen LogP contribution < -0.4 is 4.74 Å². The summed E-state index contributed by atoms with van der Waals surface area (Å²) >= 11 is 0. The molecule has 0 saturated carbocycles. The topological polar surface area (TPSA) is 39.5 Å². The van der Waals surface area contributed by atoms with E-state index in [2.05, 4.69) is 46.2 Å². The van der Waals surface area contributed by atoms with Gasteiger partial charge in [-0.15, -0.1) is 0 Å². The lowest BCUT2D eigenvalue weighted by Gasteiger charge is -2.35. The van der Waals surface area contributed by atoms with Crippen LogP contribution in [0.5, 0.6) is 5.75 Å². The summed E-state index contributed by atoms with van der Waals surface area (Å²) < 4.78 is 19.7. The van der Waals surface area contributed by atoms with Crippen LogP contribution in [0.3, 0.4) is 0 Å². The van der Waals surface area contributed by atoms with Gasteiger partial charge in [0.25, 0.3) is 0 Å². The molecule has 0 spiro atoms. The minimum Gasteiger partial charge on any atom is -0.486 e. The Hall–Kier alpha value is -3.20. The Balaban J connectivity index is 1.35. The molecule has 1 aliphatic rings. The van der Waals surface area contributed by atoms with Gasteiger partial charge in [0.05, 0.1) is 11.6 Å². The van der Waals surface area contributed by atoms with E-state index >= 15 is 0 Å². The second kappa shape index (κ2) is 10.9. The van der Waals surface area contributed by atoms with Crippen LogP contribution in [0.4, 0.5) is 4.39 Å². The fourth-order valence-corrected chi connectivity index (χ4v) is 4.09. The number of rotatable bonds is 8. The Morgan fingerprint density at radius 3 is 2.31 bits per heavy atom. The average Bonchev–Trinajstić information content (AvgIpc) is 2.84. The highest BCUT2D eigenvalue weighted by Gasteiger charge is 2.20. The summed E-state index contributed by atoms with van der Waals surface area (Å²) in [6, 6.07) is 26.4. The normalized spacial score (nSPS) is 15.8. The molecule has 1 heterocycles. The van der Waals surface area contributed by atoms with Gasteiger partial charge in [0.1, 0.15) is 17.7 Å². The Kier molecular flexibility index (Phi) is 7.50. The lowest BCUT2D eigenvalue weighted by Crippen LogP contribution is -2.46. The maximum atomic E-state index is 13.5. The lowest BCUT2D eigenvalue weighted by atomic mass is 10.1. The zero-order valence-electron chi connectivity index (χ0n) is 18.2. The Morgan fingerprint density at radius 1 is 0.875 bits per heavy atom. The molecule has 0 aromatic heterocycles. The largest absolute Gasteiger partial charge is 0.486 e. The Morgan fingerprint density at radius 2 is 1.59 bits per heavy atom. The Labute approximate surface area is 189 Å². The van der Waals surface area contributed by atoms with Crippen molar-refractivity contribution in [3.05, 3.63) is 101 Å². The van der Waals surface area contributed by atoms with Gasteiger partial charge in [-0.1, -0.05) is 48.5 Å². The van der Waals surface area contributed by atoms with E-state index in [-0.39, 0.29) is 11.9 Å². The van der Waals surface area contributed by atoms with Crippen molar-refractivity contribution in [2.45, 2.75) is 19.1 Å². The lowest BCUT2D eigenvalue weighted by molar-refractivity contribution is 0.107. The summed E-state index contributed by atoms with van der Waals surface area (Å²) in [5.41, 5.74) is 2.86. The van der Waals surface area contributed by atoms with Crippen LogP contribution in [0.15, 0.2) is 78.9 Å². The van der Waals surface area contributed by atoms with Crippen molar-refractivity contribution in [2.24, 2.45) is 0 Å². The molecular weight excluding hydrogens is 401 g/mol. The summed E-state index contributed by atoms with van der Waals surface area (Å²) in [7, 11) is 0. The third-order valence-corrected chi connectivity index (χ3v) is 5.90. The molecule has 1 unspecified atom stereocenters. The molecule has 164 valence electrons. The number of hydrogen-bond acceptors (Lipinski definition) is 4. The van der Waals surface area contributed by atoms with E-state index in [0.29, 0.717) is 11.3 Å². The maximum Gasteiger partial charge on any atom is 0.125 e. The van der Waals surface area contributed by atoms with Crippen molar-refractivity contribution in [1.29, 1.82) is 5.26 Å². The molecule has 4 nitrogen and oxygen atoms in total. The van der Waals surface area contributed by atoms with E-state index in [4.69, 9.17) is 4.74 Å². The molecule has 1 fully saturated rings. The van der Waals surface area contributed by atoms with Crippen LogP contribution in [-0.2, 0) is 6.54 Å². The van der Waals surface area contributed by atoms with E-state index < -0.39 is 0 Å². The highest BCUT2D eigenvalue weighted by molar-refractivity contribution is 5.36. The molecule has 3 aromatic carbocycles. The molecule has 0 radical (unpaired) electrons. The van der Waals surface area contributed by atoms with E-state index in [1.807, 2.05) is 12.1 Å². The molecule has 0 amide bonds. The van der Waals surface area contributed by atoms with Gasteiger partial charge in [0, 0.05) is 45.7 Å². The predicted octanol–water partition coefficient (Wildman–Crippen LogP) is 5.03. The third-order valence-electron chi connectivity index (χ3n) is 5.90. The highest BCUT2D eigenvalue weighted by Crippen LogP contribution is 2.26. The number of benzene rings is 3. The zero-order valence-corrected chi connectivity index (χ0v) is 18.2. The quantitative estimate of drug-likeness (QED) is 0.504. The van der Waals surface area contributed by atoms with Gasteiger partial charge >= 0.3 is 0 Å². The second-order valence-corrected chi connectivity index (χ2v) is 8.19. The summed E-state index contributed by atoms with van der Waals surface area (Å²) in [5, 5.41) is 9.17. The summed E-state index contributed by atoms with van der Waals surface area (Å²) in [6.45, 7) is 6.02. The van der Waals surface area contributed by atoms with E-state index in [0.717, 1.165) is 51.3 Å². The third kappa shape index (κ3) is 6.16. The summed E-state index contributed by atoms with van der Waals surface area (Å²) in [6.07, 6.45) is 0.591. The first-order chi connectivity index (χ1) is 15.7. The molecule has 1 aliphatic heterocycles. The van der Waals surface area contributed by atoms with Gasteiger partial charge in [-0.25, -0.2) is 4.39 Å². The van der Waals surface area contributed by atoms with Crippen molar-refractivity contribution in [3.63, 3.8) is 0 Å². The summed E-state index contributed by atoms with van der Waals surface area (Å²) in [5.74, 6) is 0.402. The second-order valence-electron chi connectivity index (χ2n) is 8.19. The zero-order chi connectivity index (χ0) is 22.2. The fourth-order valence-electron chi connectivity index (χ4n) is 4.09. The minimum absolute atomic E-state index is 0.202. The standard InChI is InChI=1S/C27H28FN3O/c28-25-11-9-24(10-12-25)27(32-26-8-4-7-23(19-26)20-29)13-14-30-15-17-31(18-16-30)21-22-5-2-1-3-6-22/h1-12,19,27H,13-18,21H2. The van der Waals surface area contributed by atoms with Crippen LogP contribution in [0.2, 0.25) is 0 Å². The SMILES string of the molecule is N#Cc1cccc(OC(CCN2CCN(Cc3ccccc3)CC2)c2ccc(F)cc2)c1. The van der Waals surface area contributed by atoms with Gasteiger partial charge in [-0.05, 0) is 41.5 Å². The summed E-state index contributed by atoms with van der Waals surface area (Å²) in [4.78, 5) is 4.96. The number of hydrogen-bond donors (Lipinski definition) is 0. The maximum absolute atomic E-state index is 13.5. The van der Waals surface area contributed by atoms with Crippen LogP contribution in [-0.4, -0.2) is 42.5 Å². The van der Waals surface area contributed by atoms with Crippen LogP contribution in [0.25, 0.3) is 0 Å². The molecule has 1 saturated heterocycles. The van der Waals surface area contributed by atoms with Crippen LogP contribution in [0, 0.1) is 17.1 Å². The van der Waals surface area contributed by atoms with Crippen molar-refractivity contribution in [3.8, 4) is 11.8 Å². The highest BCUT2D eigenvalue weighted by atomic mass is 19.1. The molecule has 1 atom stereocenters. The smallest absolute Gasteiger partial charge is 0.125 e. The first kappa shape index (κ1) is 22.0. The van der Waals surface area contributed by atoms with Crippen molar-refractivity contribution < 1.29 is 9.13 Å². The van der Waals surface area contributed by atoms with Gasteiger partial charge in [-0.2, -0.15) is 5.26 Å². The molecule has 0 bridgehead atoms. The monoisotopic (exact) mass is 429 g/mol. The predicted molar refractivity (Wildman–Crippen MR) is 124 cm³/mol. The van der Waals surface area contributed by atoms with E-state index in [1.54, 1.807) is 24.3 Å². The van der Waals surface area contributed by atoms with Gasteiger partial charge in [0.15, 0.2) is 0 Å². The van der Waals surface area contributed by atoms with E-state index in [9.17, 15) is 9.65 Å². The molecule has 3 aromatic rings. The van der Waals surface area contributed by atoms with Crippen molar-refractivity contribution >= 4 is 0 Å². The number of piperazine rings is 1. The first-order valence-corrected chi connectivity index (χ1v) is 11.1. The van der Waals surface area contributed by atoms with E-state index in [1.165, 1.54) is 17.7 Å². The fraction of sp³-hybridized carbons (Fsp3) is 0.296. The van der Waals surface area contributed by atoms with Crippen molar-refractivity contribution in [1.82, 2.24) is 9.80 Å². The molecule has 5 heteroatoms. The molecule has 0 aliphatic carbocycles. The number of halogens is 1. The average molecular weight is 430 g/mol. The van der Waals surface area contributed by atoms with Gasteiger partial charge in [0.2, 0.25) is 0 Å². The number of ether oxygens (including phenoxy) is 1.